The van der Waals surface area contributed by atoms with E-state index in [-0.39, 0.29) is 0 Å². The van der Waals surface area contributed by atoms with Gasteiger partial charge in [-0.15, -0.1) is 0 Å². The highest BCUT2D eigenvalue weighted by Crippen LogP contribution is 2.32. The molecule has 1 aliphatic rings. The molecule has 0 amide bonds. The van der Waals surface area contributed by atoms with Gasteiger partial charge < -0.3 is 0 Å². The molecule has 9 rings (SSSR count). The molecular formula is C46H33N5. The van der Waals surface area contributed by atoms with Crippen LogP contribution >= 0.6 is 0 Å². The van der Waals surface area contributed by atoms with E-state index in [9.17, 15) is 0 Å². The zero-order chi connectivity index (χ0) is 34.1. The van der Waals surface area contributed by atoms with E-state index in [2.05, 4.69) is 145 Å². The standard InChI is InChI=1S/C46H33N5/c1-30-14-15-36-12-7-29-48-43(36)41(30)34-20-26-39(27-21-34)46-50-44(37-22-16-32(17-23-37)31-8-3-2-4-9-31)49-45(51-46)38-24-18-33(19-25-38)40-13-5-10-35-11-6-28-47-42(35)40/h2-13,15-30H,14H2,1H3. The van der Waals surface area contributed by atoms with Crippen LogP contribution in [0.4, 0.5) is 0 Å². The monoisotopic (exact) mass is 655 g/mol. The molecule has 51 heavy (non-hydrogen) atoms. The quantitative estimate of drug-likeness (QED) is 0.179. The Labute approximate surface area is 296 Å². The topological polar surface area (TPSA) is 64.5 Å². The van der Waals surface area contributed by atoms with Gasteiger partial charge in [0, 0.05) is 40.0 Å². The molecule has 0 saturated heterocycles. The molecule has 3 aromatic heterocycles. The molecule has 5 nitrogen and oxygen atoms in total. The first-order valence-corrected chi connectivity index (χ1v) is 17.3. The first-order valence-electron chi connectivity index (χ1n) is 17.3. The van der Waals surface area contributed by atoms with Crippen molar-refractivity contribution in [2.45, 2.75) is 13.3 Å². The fourth-order valence-corrected chi connectivity index (χ4v) is 7.02. The van der Waals surface area contributed by atoms with Crippen molar-refractivity contribution in [3.63, 3.8) is 0 Å². The van der Waals surface area contributed by atoms with Crippen molar-refractivity contribution >= 4 is 22.6 Å². The zero-order valence-electron chi connectivity index (χ0n) is 28.1. The summed E-state index contributed by atoms with van der Waals surface area (Å²) in [5.41, 5.74) is 10.7. The molecular weight excluding hydrogens is 623 g/mol. The number of hydrogen-bond donors (Lipinski definition) is 0. The van der Waals surface area contributed by atoms with Crippen LogP contribution in [-0.2, 0) is 0 Å². The Hall–Kier alpha value is -6.59. The molecule has 0 bridgehead atoms. The maximum absolute atomic E-state index is 5.05. The lowest BCUT2D eigenvalue weighted by Crippen LogP contribution is -2.35. The van der Waals surface area contributed by atoms with E-state index in [4.69, 9.17) is 19.9 Å². The van der Waals surface area contributed by atoms with E-state index in [0.29, 0.717) is 23.4 Å². The number of aromatic nitrogens is 5. The smallest absolute Gasteiger partial charge is 0.164 e. The van der Waals surface area contributed by atoms with Crippen molar-refractivity contribution in [3.05, 3.63) is 174 Å². The van der Waals surface area contributed by atoms with Gasteiger partial charge in [0.25, 0.3) is 0 Å². The lowest BCUT2D eigenvalue weighted by atomic mass is 9.87. The van der Waals surface area contributed by atoms with Crippen molar-refractivity contribution in [1.82, 2.24) is 24.9 Å². The average molecular weight is 656 g/mol. The molecule has 0 N–H and O–H groups in total. The minimum atomic E-state index is 0.375. The van der Waals surface area contributed by atoms with Crippen molar-refractivity contribution < 1.29 is 0 Å². The molecule has 0 radical (unpaired) electrons. The number of fused-ring (bicyclic) bond motifs is 2. The summed E-state index contributed by atoms with van der Waals surface area (Å²) < 4.78 is 0. The summed E-state index contributed by atoms with van der Waals surface area (Å²) in [5, 5.41) is 3.38. The van der Waals surface area contributed by atoms with Gasteiger partial charge >= 0.3 is 0 Å². The molecule has 5 heteroatoms. The minimum Gasteiger partial charge on any atom is -0.256 e. The van der Waals surface area contributed by atoms with Crippen LogP contribution in [0.5, 0.6) is 0 Å². The Morgan fingerprint density at radius 3 is 1.65 bits per heavy atom. The molecule has 0 fully saturated rings. The molecule has 5 aromatic carbocycles. The van der Waals surface area contributed by atoms with Gasteiger partial charge in [-0.25, -0.2) is 15.0 Å². The summed E-state index contributed by atoms with van der Waals surface area (Å²) in [6, 6.07) is 50.3. The minimum absolute atomic E-state index is 0.375. The van der Waals surface area contributed by atoms with Gasteiger partial charge in [-0.1, -0.05) is 146 Å². The zero-order valence-corrected chi connectivity index (χ0v) is 28.1. The molecule has 8 aromatic rings. The largest absolute Gasteiger partial charge is 0.256 e. The highest BCUT2D eigenvalue weighted by molar-refractivity contribution is 5.93. The van der Waals surface area contributed by atoms with Crippen LogP contribution < -0.4 is 10.6 Å². The number of nitrogens with zero attached hydrogens (tertiary/aromatic N) is 5. The second-order valence-corrected chi connectivity index (χ2v) is 13.0. The predicted molar refractivity (Wildman–Crippen MR) is 207 cm³/mol. The van der Waals surface area contributed by atoms with Gasteiger partial charge in [-0.05, 0) is 57.5 Å². The Kier molecular flexibility index (Phi) is 7.78. The van der Waals surface area contributed by atoms with Crippen LogP contribution in [0.15, 0.2) is 158 Å². The van der Waals surface area contributed by atoms with Gasteiger partial charge in [0.2, 0.25) is 0 Å². The number of para-hydroxylation sites is 1. The Balaban J connectivity index is 1.13. The molecule has 1 atom stereocenters. The summed E-state index contributed by atoms with van der Waals surface area (Å²) in [6.07, 6.45) is 7.01. The normalized spacial score (nSPS) is 13.8. The summed E-state index contributed by atoms with van der Waals surface area (Å²) in [4.78, 5) is 24.5. The SMILES string of the molecule is CC1CC=c2cccnc2=C1c1ccc(-c2nc(-c3ccc(-c4ccccc4)cc3)nc(-c3ccc(-c4cccc5cccnc45)cc3)n2)cc1. The van der Waals surface area contributed by atoms with E-state index in [0.717, 1.165) is 56.1 Å². The van der Waals surface area contributed by atoms with Crippen LogP contribution in [0.2, 0.25) is 0 Å². The average Bonchev–Trinajstić information content (AvgIpc) is 3.21. The lowest BCUT2D eigenvalue weighted by molar-refractivity contribution is 0.768. The second-order valence-electron chi connectivity index (χ2n) is 13.0. The van der Waals surface area contributed by atoms with E-state index in [1.165, 1.54) is 21.9 Å². The molecule has 0 saturated carbocycles. The summed E-state index contributed by atoms with van der Waals surface area (Å²) in [7, 11) is 0. The Morgan fingerprint density at radius 2 is 0.980 bits per heavy atom. The number of hydrogen-bond acceptors (Lipinski definition) is 5. The van der Waals surface area contributed by atoms with Crippen molar-refractivity contribution in [2.24, 2.45) is 5.92 Å². The van der Waals surface area contributed by atoms with E-state index >= 15 is 0 Å². The van der Waals surface area contributed by atoms with Crippen LogP contribution in [0.1, 0.15) is 18.9 Å². The first-order chi connectivity index (χ1) is 25.2. The summed E-state index contributed by atoms with van der Waals surface area (Å²) in [6.45, 7) is 2.27. The summed E-state index contributed by atoms with van der Waals surface area (Å²) in [5.74, 6) is 2.26. The van der Waals surface area contributed by atoms with Gasteiger partial charge in [0.15, 0.2) is 17.5 Å². The fourth-order valence-electron chi connectivity index (χ4n) is 7.02. The third-order valence-corrected chi connectivity index (χ3v) is 9.70. The van der Waals surface area contributed by atoms with Gasteiger partial charge in [0.05, 0.1) is 10.9 Å². The van der Waals surface area contributed by atoms with Gasteiger partial charge in [-0.3, -0.25) is 9.97 Å². The maximum Gasteiger partial charge on any atom is 0.164 e. The third-order valence-electron chi connectivity index (χ3n) is 9.70. The van der Waals surface area contributed by atoms with E-state index in [1.807, 2.05) is 30.6 Å². The summed E-state index contributed by atoms with van der Waals surface area (Å²) >= 11 is 0. The predicted octanol–water partition coefficient (Wildman–Crippen LogP) is 9.17. The van der Waals surface area contributed by atoms with Crippen LogP contribution in [0.25, 0.3) is 79.0 Å². The van der Waals surface area contributed by atoms with Gasteiger partial charge in [-0.2, -0.15) is 0 Å². The highest BCUT2D eigenvalue weighted by atomic mass is 15.0. The van der Waals surface area contributed by atoms with Crippen molar-refractivity contribution in [3.8, 4) is 56.4 Å². The maximum atomic E-state index is 5.05. The molecule has 0 aliphatic heterocycles. The van der Waals surface area contributed by atoms with Crippen LogP contribution in [0, 0.1) is 5.92 Å². The lowest BCUT2D eigenvalue weighted by Gasteiger charge is -2.18. The molecule has 1 unspecified atom stereocenters. The number of rotatable bonds is 6. The molecule has 1 aliphatic carbocycles. The van der Waals surface area contributed by atoms with Crippen LogP contribution in [-0.4, -0.2) is 24.9 Å². The van der Waals surface area contributed by atoms with Crippen molar-refractivity contribution in [1.29, 1.82) is 0 Å². The van der Waals surface area contributed by atoms with Crippen molar-refractivity contribution in [2.75, 3.05) is 0 Å². The Bertz CT molecular complexity index is 2640. The number of pyridine rings is 2. The molecule has 0 spiro atoms. The van der Waals surface area contributed by atoms with E-state index in [1.54, 1.807) is 0 Å². The Morgan fingerprint density at radius 1 is 0.451 bits per heavy atom. The fraction of sp³-hybridized carbons (Fsp3) is 0.0652. The first kappa shape index (κ1) is 30.5. The molecule has 242 valence electrons. The molecule has 3 heterocycles. The van der Waals surface area contributed by atoms with Gasteiger partial charge in [0.1, 0.15) is 0 Å². The highest BCUT2D eigenvalue weighted by Gasteiger charge is 2.18. The third kappa shape index (κ3) is 5.89. The van der Waals surface area contributed by atoms with E-state index < -0.39 is 0 Å². The van der Waals surface area contributed by atoms with Crippen LogP contribution in [0.3, 0.4) is 0 Å². The number of benzene rings is 5. The second kappa shape index (κ2) is 13.0.